The molecule has 2 aromatic heterocycles. The van der Waals surface area contributed by atoms with Crippen molar-refractivity contribution in [3.05, 3.63) is 53.0 Å². The second kappa shape index (κ2) is 7.12. The first-order valence-electron chi connectivity index (χ1n) is 8.25. The van der Waals surface area contributed by atoms with Crippen molar-refractivity contribution in [1.29, 1.82) is 0 Å². The summed E-state index contributed by atoms with van der Waals surface area (Å²) < 4.78 is 5.11. The van der Waals surface area contributed by atoms with Crippen LogP contribution in [0.1, 0.15) is 11.9 Å². The Hall–Kier alpha value is -3.33. The van der Waals surface area contributed by atoms with E-state index in [4.69, 9.17) is 4.74 Å². The number of rotatable bonds is 4. The number of hydrogen-bond acceptors (Lipinski definition) is 7. The number of ether oxygens (including phenoxy) is 1. The van der Waals surface area contributed by atoms with Crippen molar-refractivity contribution >= 4 is 40.2 Å². The second-order valence-electron chi connectivity index (χ2n) is 5.92. The summed E-state index contributed by atoms with van der Waals surface area (Å²) in [6.45, 7) is 0. The van der Waals surface area contributed by atoms with E-state index in [1.165, 1.54) is 12.0 Å². The van der Waals surface area contributed by atoms with Crippen LogP contribution < -0.4 is 25.6 Å². The van der Waals surface area contributed by atoms with E-state index < -0.39 is 0 Å². The van der Waals surface area contributed by atoms with Gasteiger partial charge in [-0.05, 0) is 24.3 Å². The van der Waals surface area contributed by atoms with E-state index in [2.05, 4.69) is 25.9 Å². The van der Waals surface area contributed by atoms with Gasteiger partial charge in [-0.1, -0.05) is 6.07 Å². The van der Waals surface area contributed by atoms with Crippen molar-refractivity contribution in [3.8, 4) is 5.88 Å². The Kier molecular flexibility index (Phi) is 4.51. The Morgan fingerprint density at radius 3 is 2.89 bits per heavy atom. The molecule has 1 aliphatic heterocycles. The molecule has 3 aromatic rings. The molecule has 0 saturated heterocycles. The monoisotopic (exact) mass is 382 g/mol. The lowest BCUT2D eigenvalue weighted by Crippen LogP contribution is -2.31. The SMILES string of the molecule is COc1cccc(N(C)C(=O)Nc2ccc3c(c2)NC(c2cscn2)N3)n1. The van der Waals surface area contributed by atoms with Crippen LogP contribution >= 0.6 is 11.3 Å². The van der Waals surface area contributed by atoms with E-state index in [0.29, 0.717) is 17.4 Å². The molecule has 8 nitrogen and oxygen atoms in total. The average Bonchev–Trinajstić information content (AvgIpc) is 3.36. The van der Waals surface area contributed by atoms with Crippen molar-refractivity contribution in [3.63, 3.8) is 0 Å². The molecule has 1 aliphatic rings. The zero-order valence-corrected chi connectivity index (χ0v) is 15.6. The summed E-state index contributed by atoms with van der Waals surface area (Å²) in [5, 5.41) is 11.6. The van der Waals surface area contributed by atoms with E-state index in [0.717, 1.165) is 17.1 Å². The van der Waals surface area contributed by atoms with Crippen LogP contribution in [0.25, 0.3) is 0 Å². The molecule has 3 heterocycles. The second-order valence-corrected chi connectivity index (χ2v) is 6.64. The maximum Gasteiger partial charge on any atom is 0.327 e. The Bertz CT molecular complexity index is 962. The summed E-state index contributed by atoms with van der Waals surface area (Å²) in [5.41, 5.74) is 5.30. The first-order chi connectivity index (χ1) is 13.1. The molecule has 4 rings (SSSR count). The lowest BCUT2D eigenvalue weighted by Gasteiger charge is -2.17. The summed E-state index contributed by atoms with van der Waals surface area (Å²) in [6, 6.07) is 10.6. The number of carbonyl (C=O) groups excluding carboxylic acids is 1. The fraction of sp³-hybridized carbons (Fsp3) is 0.167. The average molecular weight is 382 g/mol. The van der Waals surface area contributed by atoms with E-state index in [9.17, 15) is 4.79 Å². The van der Waals surface area contributed by atoms with Crippen LogP contribution in [0.5, 0.6) is 5.88 Å². The first kappa shape index (κ1) is 17.1. The van der Waals surface area contributed by atoms with Gasteiger partial charge in [0.15, 0.2) is 0 Å². The normalized spacial score (nSPS) is 14.7. The Morgan fingerprint density at radius 2 is 2.11 bits per heavy atom. The van der Waals surface area contributed by atoms with Crippen molar-refractivity contribution in [1.82, 2.24) is 9.97 Å². The van der Waals surface area contributed by atoms with Gasteiger partial charge in [-0.2, -0.15) is 4.98 Å². The van der Waals surface area contributed by atoms with Crippen molar-refractivity contribution in [2.24, 2.45) is 0 Å². The van der Waals surface area contributed by atoms with E-state index in [1.807, 2.05) is 23.6 Å². The summed E-state index contributed by atoms with van der Waals surface area (Å²) in [7, 11) is 3.19. The summed E-state index contributed by atoms with van der Waals surface area (Å²) >= 11 is 1.55. The number of anilines is 4. The van der Waals surface area contributed by atoms with Crippen LogP contribution in [0.15, 0.2) is 47.3 Å². The van der Waals surface area contributed by atoms with Crippen molar-refractivity contribution in [2.75, 3.05) is 35.0 Å². The molecule has 9 heteroatoms. The number of benzene rings is 1. The highest BCUT2D eigenvalue weighted by atomic mass is 32.1. The third-order valence-corrected chi connectivity index (χ3v) is 4.79. The standard InChI is InChI=1S/C18H18N6O2S/c1-24(15-4-3-5-16(23-15)26-2)18(25)20-11-6-7-12-13(8-11)22-17(21-12)14-9-27-10-19-14/h3-10,17,21-22H,1-2H3,(H,20,25). The maximum absolute atomic E-state index is 12.6. The third-order valence-electron chi connectivity index (χ3n) is 4.18. The number of hydrogen-bond donors (Lipinski definition) is 3. The first-order valence-corrected chi connectivity index (χ1v) is 9.19. The summed E-state index contributed by atoms with van der Waals surface area (Å²) in [5.74, 6) is 0.949. The number of fused-ring (bicyclic) bond motifs is 1. The van der Waals surface area contributed by atoms with Gasteiger partial charge in [-0.3, -0.25) is 4.90 Å². The lowest BCUT2D eigenvalue weighted by atomic mass is 10.2. The topological polar surface area (TPSA) is 91.4 Å². The molecule has 0 saturated carbocycles. The molecule has 3 N–H and O–H groups in total. The summed E-state index contributed by atoms with van der Waals surface area (Å²) in [6.07, 6.45) is -0.0686. The molecule has 1 unspecified atom stereocenters. The van der Waals surface area contributed by atoms with Crippen LogP contribution in [0, 0.1) is 0 Å². The number of nitrogens with one attached hydrogen (secondary N) is 3. The number of aromatic nitrogens is 2. The van der Waals surface area contributed by atoms with Gasteiger partial charge in [0, 0.05) is 24.2 Å². The highest BCUT2D eigenvalue weighted by Crippen LogP contribution is 2.36. The minimum absolute atomic E-state index is 0.0686. The number of methoxy groups -OCH3 is 1. The predicted molar refractivity (Wildman–Crippen MR) is 107 cm³/mol. The number of thiazole rings is 1. The predicted octanol–water partition coefficient (Wildman–Crippen LogP) is 3.75. The largest absolute Gasteiger partial charge is 0.481 e. The van der Waals surface area contributed by atoms with Crippen molar-refractivity contribution < 1.29 is 9.53 Å². The van der Waals surface area contributed by atoms with Crippen molar-refractivity contribution in [2.45, 2.75) is 6.17 Å². The molecule has 0 fully saturated rings. The quantitative estimate of drug-likeness (QED) is 0.637. The van der Waals surface area contributed by atoms with Crippen LogP contribution in [0.2, 0.25) is 0 Å². The van der Waals surface area contributed by atoms with E-state index >= 15 is 0 Å². The van der Waals surface area contributed by atoms with Crippen LogP contribution in [0.3, 0.4) is 0 Å². The van der Waals surface area contributed by atoms with Crippen LogP contribution in [-0.4, -0.2) is 30.2 Å². The lowest BCUT2D eigenvalue weighted by molar-refractivity contribution is 0.258. The van der Waals surface area contributed by atoms with E-state index in [-0.39, 0.29) is 12.2 Å². The fourth-order valence-corrected chi connectivity index (χ4v) is 3.32. The highest BCUT2D eigenvalue weighted by molar-refractivity contribution is 7.07. The van der Waals surface area contributed by atoms with Crippen LogP contribution in [0.4, 0.5) is 27.7 Å². The zero-order chi connectivity index (χ0) is 18.8. The van der Waals surface area contributed by atoms with Gasteiger partial charge in [0.05, 0.1) is 29.7 Å². The minimum atomic E-state index is -0.294. The van der Waals surface area contributed by atoms with Gasteiger partial charge < -0.3 is 20.7 Å². The van der Waals surface area contributed by atoms with Gasteiger partial charge in [0.2, 0.25) is 5.88 Å². The van der Waals surface area contributed by atoms with Gasteiger partial charge in [-0.15, -0.1) is 11.3 Å². The Balaban J connectivity index is 1.46. The van der Waals surface area contributed by atoms with Crippen LogP contribution in [-0.2, 0) is 0 Å². The van der Waals surface area contributed by atoms with E-state index in [1.54, 1.807) is 42.1 Å². The fourth-order valence-electron chi connectivity index (χ4n) is 2.74. The highest BCUT2D eigenvalue weighted by Gasteiger charge is 2.23. The molecular formula is C18H18N6O2S. The number of nitrogens with zero attached hydrogens (tertiary/aromatic N) is 3. The zero-order valence-electron chi connectivity index (χ0n) is 14.8. The smallest absolute Gasteiger partial charge is 0.327 e. The maximum atomic E-state index is 12.6. The molecule has 0 radical (unpaired) electrons. The molecule has 2 amide bonds. The molecule has 138 valence electrons. The third kappa shape index (κ3) is 3.49. The Labute approximate surface area is 160 Å². The minimum Gasteiger partial charge on any atom is -0.481 e. The Morgan fingerprint density at radius 1 is 1.26 bits per heavy atom. The molecule has 1 aromatic carbocycles. The molecule has 27 heavy (non-hydrogen) atoms. The molecule has 1 atom stereocenters. The molecular weight excluding hydrogens is 364 g/mol. The number of urea groups is 1. The molecule has 0 spiro atoms. The molecule has 0 bridgehead atoms. The van der Waals surface area contributed by atoms with Gasteiger partial charge in [-0.25, -0.2) is 9.78 Å². The summed E-state index contributed by atoms with van der Waals surface area (Å²) in [4.78, 5) is 22.6. The molecule has 0 aliphatic carbocycles. The van der Waals surface area contributed by atoms with Gasteiger partial charge in [0.1, 0.15) is 12.0 Å². The van der Waals surface area contributed by atoms with Gasteiger partial charge >= 0.3 is 6.03 Å². The number of carbonyl (C=O) groups is 1. The number of amides is 2. The van der Waals surface area contributed by atoms with Gasteiger partial charge in [0.25, 0.3) is 0 Å². The number of pyridine rings is 1.